The molecule has 6 heteroatoms. The van der Waals surface area contributed by atoms with Crippen molar-refractivity contribution >= 4 is 33.5 Å². The van der Waals surface area contributed by atoms with E-state index in [0.717, 1.165) is 11.7 Å². The summed E-state index contributed by atoms with van der Waals surface area (Å²) in [6, 6.07) is 5.09. The van der Waals surface area contributed by atoms with Crippen LogP contribution in [0.3, 0.4) is 0 Å². The smallest absolute Gasteiger partial charge is 0.167 e. The van der Waals surface area contributed by atoms with Gasteiger partial charge in [0, 0.05) is 12.6 Å². The van der Waals surface area contributed by atoms with E-state index >= 15 is 0 Å². The van der Waals surface area contributed by atoms with Gasteiger partial charge in [-0.3, -0.25) is 0 Å². The van der Waals surface area contributed by atoms with Gasteiger partial charge in [0.25, 0.3) is 0 Å². The number of hydrogen-bond acceptors (Lipinski definition) is 4. The molecule has 0 radical (unpaired) electrons. The van der Waals surface area contributed by atoms with Gasteiger partial charge in [0.1, 0.15) is 11.5 Å². The highest BCUT2D eigenvalue weighted by molar-refractivity contribution is 9.10. The first kappa shape index (κ1) is 10.5. The van der Waals surface area contributed by atoms with E-state index in [0.29, 0.717) is 21.5 Å². The van der Waals surface area contributed by atoms with Gasteiger partial charge in [-0.1, -0.05) is 6.07 Å². The van der Waals surface area contributed by atoms with Gasteiger partial charge in [-0.15, -0.1) is 0 Å². The van der Waals surface area contributed by atoms with Crippen molar-refractivity contribution in [2.45, 2.75) is 0 Å². The molecule has 0 aliphatic heterocycles. The van der Waals surface area contributed by atoms with Crippen LogP contribution in [-0.2, 0) is 0 Å². The first-order chi connectivity index (χ1) is 7.24. The molecule has 0 atom stereocenters. The van der Waals surface area contributed by atoms with Gasteiger partial charge in [-0.25, -0.2) is 4.39 Å². The van der Waals surface area contributed by atoms with Crippen molar-refractivity contribution in [1.82, 2.24) is 8.75 Å². The molecule has 0 bridgehead atoms. The van der Waals surface area contributed by atoms with Crippen LogP contribution in [0.1, 0.15) is 0 Å². The summed E-state index contributed by atoms with van der Waals surface area (Å²) in [5.74, 6) is 0.277. The second-order valence-corrected chi connectivity index (χ2v) is 4.20. The van der Waals surface area contributed by atoms with Gasteiger partial charge in [-0.2, -0.15) is 8.75 Å². The SMILES string of the molecule is CNc1nsnc1-c1cccc(Br)c1F. The van der Waals surface area contributed by atoms with Crippen LogP contribution in [0.2, 0.25) is 0 Å². The van der Waals surface area contributed by atoms with E-state index in [1.807, 2.05) is 0 Å². The van der Waals surface area contributed by atoms with Crippen molar-refractivity contribution in [3.8, 4) is 11.3 Å². The molecule has 2 rings (SSSR count). The lowest BCUT2D eigenvalue weighted by Crippen LogP contribution is -1.93. The topological polar surface area (TPSA) is 37.8 Å². The predicted molar refractivity (Wildman–Crippen MR) is 62.5 cm³/mol. The first-order valence-electron chi connectivity index (χ1n) is 4.18. The third-order valence-corrected chi connectivity index (χ3v) is 3.07. The molecule has 78 valence electrons. The predicted octanol–water partition coefficient (Wildman–Crippen LogP) is 3.15. The van der Waals surface area contributed by atoms with E-state index in [-0.39, 0.29) is 5.82 Å². The fraction of sp³-hybridized carbons (Fsp3) is 0.111. The lowest BCUT2D eigenvalue weighted by molar-refractivity contribution is 0.624. The summed E-state index contributed by atoms with van der Waals surface area (Å²) in [6.07, 6.45) is 0. The largest absolute Gasteiger partial charge is 0.370 e. The van der Waals surface area contributed by atoms with Crippen LogP contribution < -0.4 is 5.32 Å². The average molecular weight is 288 g/mol. The summed E-state index contributed by atoms with van der Waals surface area (Å²) in [7, 11) is 1.73. The fourth-order valence-corrected chi connectivity index (χ4v) is 2.15. The zero-order valence-electron chi connectivity index (χ0n) is 7.79. The zero-order valence-corrected chi connectivity index (χ0v) is 10.2. The summed E-state index contributed by atoms with van der Waals surface area (Å²) in [5, 5.41) is 2.88. The zero-order chi connectivity index (χ0) is 10.8. The van der Waals surface area contributed by atoms with Crippen LogP contribution in [0.25, 0.3) is 11.3 Å². The molecule has 2 aromatic rings. The maximum absolute atomic E-state index is 13.7. The number of halogens is 2. The second kappa shape index (κ2) is 4.24. The third kappa shape index (κ3) is 1.87. The van der Waals surface area contributed by atoms with Gasteiger partial charge in [0.2, 0.25) is 0 Å². The van der Waals surface area contributed by atoms with E-state index in [1.54, 1.807) is 25.2 Å². The van der Waals surface area contributed by atoms with Crippen LogP contribution in [0, 0.1) is 5.82 Å². The van der Waals surface area contributed by atoms with E-state index in [9.17, 15) is 4.39 Å². The summed E-state index contributed by atoms with van der Waals surface area (Å²) in [5.41, 5.74) is 0.990. The Morgan fingerprint density at radius 2 is 2.20 bits per heavy atom. The van der Waals surface area contributed by atoms with Crippen LogP contribution >= 0.6 is 27.7 Å². The molecular formula is C9H7BrFN3S. The number of benzene rings is 1. The first-order valence-corrected chi connectivity index (χ1v) is 5.71. The molecule has 1 heterocycles. The Bertz CT molecular complexity index is 486. The van der Waals surface area contributed by atoms with E-state index < -0.39 is 0 Å². The quantitative estimate of drug-likeness (QED) is 0.922. The monoisotopic (exact) mass is 287 g/mol. The minimum Gasteiger partial charge on any atom is -0.370 e. The highest BCUT2D eigenvalue weighted by Crippen LogP contribution is 2.31. The molecule has 0 amide bonds. The summed E-state index contributed by atoms with van der Waals surface area (Å²) >= 11 is 4.19. The lowest BCUT2D eigenvalue weighted by atomic mass is 10.1. The van der Waals surface area contributed by atoms with Crippen LogP contribution in [-0.4, -0.2) is 15.8 Å². The van der Waals surface area contributed by atoms with Crippen molar-refractivity contribution in [2.75, 3.05) is 12.4 Å². The van der Waals surface area contributed by atoms with Gasteiger partial charge in [-0.05, 0) is 28.1 Å². The van der Waals surface area contributed by atoms with E-state index in [1.165, 1.54) is 0 Å². The Kier molecular flexibility index (Phi) is 2.97. The minimum atomic E-state index is -0.318. The Hall–Kier alpha value is -1.01. The summed E-state index contributed by atoms with van der Waals surface area (Å²) in [6.45, 7) is 0. The number of rotatable bonds is 2. The van der Waals surface area contributed by atoms with E-state index in [4.69, 9.17) is 0 Å². The number of nitrogens with zero attached hydrogens (tertiary/aromatic N) is 2. The Morgan fingerprint density at radius 1 is 1.40 bits per heavy atom. The normalized spacial score (nSPS) is 10.3. The van der Waals surface area contributed by atoms with Crippen molar-refractivity contribution in [3.63, 3.8) is 0 Å². The maximum Gasteiger partial charge on any atom is 0.167 e. The van der Waals surface area contributed by atoms with E-state index in [2.05, 4.69) is 30.0 Å². The maximum atomic E-state index is 13.7. The number of aromatic nitrogens is 2. The summed E-state index contributed by atoms with van der Waals surface area (Å²) < 4.78 is 22.3. The van der Waals surface area contributed by atoms with Gasteiger partial charge in [0.15, 0.2) is 5.82 Å². The molecule has 0 spiro atoms. The molecule has 1 N–H and O–H groups in total. The van der Waals surface area contributed by atoms with Gasteiger partial charge in [0.05, 0.1) is 16.2 Å². The van der Waals surface area contributed by atoms with Gasteiger partial charge >= 0.3 is 0 Å². The molecular weight excluding hydrogens is 281 g/mol. The Labute approximate surface area is 98.8 Å². The molecule has 15 heavy (non-hydrogen) atoms. The molecule has 0 aliphatic carbocycles. The summed E-state index contributed by atoms with van der Waals surface area (Å²) in [4.78, 5) is 0. The van der Waals surface area contributed by atoms with Crippen molar-refractivity contribution < 1.29 is 4.39 Å². The lowest BCUT2D eigenvalue weighted by Gasteiger charge is -2.03. The Morgan fingerprint density at radius 3 is 2.93 bits per heavy atom. The van der Waals surface area contributed by atoms with Crippen LogP contribution in [0.5, 0.6) is 0 Å². The molecule has 0 saturated heterocycles. The number of nitrogens with one attached hydrogen (secondary N) is 1. The van der Waals surface area contributed by atoms with Crippen LogP contribution in [0.15, 0.2) is 22.7 Å². The second-order valence-electron chi connectivity index (χ2n) is 2.81. The molecule has 1 aromatic heterocycles. The molecule has 0 unspecified atom stereocenters. The fourth-order valence-electron chi connectivity index (χ4n) is 1.22. The molecule has 0 aliphatic rings. The minimum absolute atomic E-state index is 0.318. The standard InChI is InChI=1S/C9H7BrFN3S/c1-12-9-8(13-15-14-9)5-3-2-4-6(10)7(5)11/h2-4H,1H3,(H,12,14). The molecule has 0 saturated carbocycles. The highest BCUT2D eigenvalue weighted by atomic mass is 79.9. The highest BCUT2D eigenvalue weighted by Gasteiger charge is 2.14. The van der Waals surface area contributed by atoms with Crippen LogP contribution in [0.4, 0.5) is 10.2 Å². The van der Waals surface area contributed by atoms with Crippen molar-refractivity contribution in [1.29, 1.82) is 0 Å². The molecule has 0 fully saturated rings. The van der Waals surface area contributed by atoms with Crippen molar-refractivity contribution in [2.24, 2.45) is 0 Å². The molecule has 3 nitrogen and oxygen atoms in total. The van der Waals surface area contributed by atoms with Gasteiger partial charge < -0.3 is 5.32 Å². The third-order valence-electron chi connectivity index (χ3n) is 1.93. The van der Waals surface area contributed by atoms with Crippen molar-refractivity contribution in [3.05, 3.63) is 28.5 Å². The Balaban J connectivity index is 2.59. The molecule has 1 aromatic carbocycles. The number of anilines is 1. The number of hydrogen-bond donors (Lipinski definition) is 1. The average Bonchev–Trinajstić information content (AvgIpc) is 2.70.